The Morgan fingerprint density at radius 3 is 2.53 bits per heavy atom. The lowest BCUT2D eigenvalue weighted by atomic mass is 9.99. The Morgan fingerprint density at radius 1 is 1.09 bits per heavy atom. The lowest BCUT2D eigenvalue weighted by molar-refractivity contribution is 0.0345. The third kappa shape index (κ3) is 4.65. The first-order valence-electron chi connectivity index (χ1n) is 12.2. The number of benzene rings is 2. The summed E-state index contributed by atoms with van der Waals surface area (Å²) in [6, 6.07) is 16.4. The van der Waals surface area contributed by atoms with Gasteiger partial charge in [0.15, 0.2) is 0 Å². The number of carbonyl (C=O) groups excluding carboxylic acids is 1. The summed E-state index contributed by atoms with van der Waals surface area (Å²) in [6.45, 7) is 9.95. The number of hydrogen-bond acceptors (Lipinski definition) is 5. The molecule has 1 saturated carbocycles. The highest BCUT2D eigenvalue weighted by Crippen LogP contribution is 2.47. The molecule has 0 atom stereocenters. The molecule has 178 valence electrons. The van der Waals surface area contributed by atoms with Crippen molar-refractivity contribution >= 4 is 22.5 Å². The third-order valence-corrected chi connectivity index (χ3v) is 7.08. The highest BCUT2D eigenvalue weighted by molar-refractivity contribution is 5.98. The van der Waals surface area contributed by atoms with Crippen molar-refractivity contribution in [3.05, 3.63) is 71.4 Å². The van der Waals surface area contributed by atoms with Gasteiger partial charge >= 0.3 is 0 Å². The van der Waals surface area contributed by atoms with Crippen LogP contribution in [0.1, 0.15) is 48.2 Å². The van der Waals surface area contributed by atoms with Crippen molar-refractivity contribution in [2.24, 2.45) is 0 Å². The zero-order valence-corrected chi connectivity index (χ0v) is 20.3. The van der Waals surface area contributed by atoms with Gasteiger partial charge in [0.05, 0.1) is 16.7 Å². The van der Waals surface area contributed by atoms with Crippen LogP contribution in [0.15, 0.2) is 54.7 Å². The van der Waals surface area contributed by atoms with Crippen molar-refractivity contribution in [3.8, 4) is 0 Å². The molecule has 0 spiro atoms. The Bertz CT molecular complexity index is 1200. The normalized spacial score (nSPS) is 18.2. The van der Waals surface area contributed by atoms with Crippen molar-refractivity contribution in [1.82, 2.24) is 15.2 Å². The van der Waals surface area contributed by atoms with Crippen molar-refractivity contribution in [3.63, 3.8) is 0 Å². The van der Waals surface area contributed by atoms with Gasteiger partial charge in [-0.05, 0) is 69.0 Å². The third-order valence-electron chi connectivity index (χ3n) is 7.08. The van der Waals surface area contributed by atoms with Gasteiger partial charge in [-0.1, -0.05) is 24.3 Å². The highest BCUT2D eigenvalue weighted by Gasteiger charge is 2.47. The number of aromatic nitrogens is 1. The van der Waals surface area contributed by atoms with Crippen LogP contribution in [0, 0.1) is 6.92 Å². The molecule has 0 radical (unpaired) electrons. The van der Waals surface area contributed by atoms with Crippen LogP contribution in [0.5, 0.6) is 0 Å². The van der Waals surface area contributed by atoms with Gasteiger partial charge in [0, 0.05) is 55.6 Å². The summed E-state index contributed by atoms with van der Waals surface area (Å²) in [5, 5.41) is 14.6. The molecule has 5 rings (SSSR count). The van der Waals surface area contributed by atoms with E-state index in [9.17, 15) is 9.90 Å². The Hall–Kier alpha value is -2.96. The minimum Gasteiger partial charge on any atom is -0.389 e. The second kappa shape index (κ2) is 8.67. The van der Waals surface area contributed by atoms with E-state index in [1.54, 1.807) is 0 Å². The van der Waals surface area contributed by atoms with Crippen molar-refractivity contribution < 1.29 is 9.90 Å². The van der Waals surface area contributed by atoms with E-state index in [-0.39, 0.29) is 11.4 Å². The Morgan fingerprint density at radius 2 is 1.82 bits per heavy atom. The first-order valence-corrected chi connectivity index (χ1v) is 12.2. The smallest absolute Gasteiger partial charge is 0.252 e. The van der Waals surface area contributed by atoms with Crippen LogP contribution in [0.2, 0.25) is 0 Å². The minimum atomic E-state index is -0.684. The van der Waals surface area contributed by atoms with Crippen LogP contribution in [-0.2, 0) is 5.54 Å². The summed E-state index contributed by atoms with van der Waals surface area (Å²) in [4.78, 5) is 22.6. The highest BCUT2D eigenvalue weighted by atomic mass is 16.3. The topological polar surface area (TPSA) is 68.7 Å². The monoisotopic (exact) mass is 458 g/mol. The van der Waals surface area contributed by atoms with Gasteiger partial charge in [-0.15, -0.1) is 0 Å². The lowest BCUT2D eigenvalue weighted by Gasteiger charge is -2.38. The van der Waals surface area contributed by atoms with Gasteiger partial charge in [-0.25, -0.2) is 0 Å². The molecule has 1 saturated heterocycles. The van der Waals surface area contributed by atoms with Crippen LogP contribution < -0.4 is 10.2 Å². The number of carbonyl (C=O) groups is 1. The fourth-order valence-electron chi connectivity index (χ4n) is 5.15. The molecule has 6 nitrogen and oxygen atoms in total. The van der Waals surface area contributed by atoms with Crippen LogP contribution >= 0.6 is 0 Å². The molecule has 1 amide bonds. The number of hydrogen-bond donors (Lipinski definition) is 2. The van der Waals surface area contributed by atoms with Crippen LogP contribution in [0.4, 0.5) is 5.69 Å². The SMILES string of the molecule is Cc1ccc(N2CCN(CC(C)(C)O)CC2)cc1C(=O)NC1(c2ccnc3ccccc23)CC1. The standard InChI is InChI=1S/C28H34N4O2/c1-20-8-9-21(32-16-14-31(15-17-32)19-27(2,3)34)18-23(20)26(33)30-28(11-12-28)24-10-13-29-25-7-5-4-6-22(24)25/h4-10,13,18,34H,11-12,14-17,19H2,1-3H3,(H,30,33). The quantitative estimate of drug-likeness (QED) is 0.587. The van der Waals surface area contributed by atoms with E-state index < -0.39 is 5.60 Å². The number of rotatable bonds is 6. The average Bonchev–Trinajstić information content (AvgIpc) is 3.59. The largest absolute Gasteiger partial charge is 0.389 e. The first-order chi connectivity index (χ1) is 16.2. The van der Waals surface area contributed by atoms with E-state index in [0.717, 1.165) is 72.3 Å². The molecule has 0 bridgehead atoms. The number of nitrogens with one attached hydrogen (secondary N) is 1. The number of aliphatic hydroxyl groups is 1. The molecule has 6 heteroatoms. The van der Waals surface area contributed by atoms with E-state index in [2.05, 4.69) is 38.3 Å². The second-order valence-electron chi connectivity index (χ2n) is 10.5. The summed E-state index contributed by atoms with van der Waals surface area (Å²) in [6.07, 6.45) is 3.72. The van der Waals surface area contributed by atoms with Gasteiger partial charge in [-0.2, -0.15) is 0 Å². The van der Waals surface area contributed by atoms with Crippen LogP contribution in [-0.4, -0.2) is 59.2 Å². The second-order valence-corrected chi connectivity index (χ2v) is 10.5. The number of β-amino-alcohol motifs (C(OH)–C–C–N with tert-alkyl or cyclic N) is 1. The number of nitrogens with zero attached hydrogens (tertiary/aromatic N) is 3. The van der Waals surface area contributed by atoms with Crippen molar-refractivity contribution in [2.45, 2.75) is 44.8 Å². The number of amides is 1. The predicted molar refractivity (Wildman–Crippen MR) is 136 cm³/mol. The minimum absolute atomic E-state index is 0.0154. The van der Waals surface area contributed by atoms with E-state index >= 15 is 0 Å². The maximum atomic E-state index is 13.5. The molecule has 2 heterocycles. The fourth-order valence-corrected chi connectivity index (χ4v) is 5.15. The predicted octanol–water partition coefficient (Wildman–Crippen LogP) is 3.86. The summed E-state index contributed by atoms with van der Waals surface area (Å²) in [5.74, 6) is -0.0154. The van der Waals surface area contributed by atoms with Gasteiger partial charge in [-0.3, -0.25) is 14.7 Å². The van der Waals surface area contributed by atoms with E-state index in [1.807, 2.05) is 57.3 Å². The summed E-state index contributed by atoms with van der Waals surface area (Å²) < 4.78 is 0. The number of piperazine rings is 1. The molecule has 2 aromatic carbocycles. The molecule has 3 aromatic rings. The number of anilines is 1. The molecular formula is C28H34N4O2. The zero-order valence-electron chi connectivity index (χ0n) is 20.3. The van der Waals surface area contributed by atoms with Gasteiger partial charge in [0.1, 0.15) is 0 Å². The summed E-state index contributed by atoms with van der Waals surface area (Å²) in [7, 11) is 0. The van der Waals surface area contributed by atoms with Crippen LogP contribution in [0.25, 0.3) is 10.9 Å². The molecule has 2 N–H and O–H groups in total. The van der Waals surface area contributed by atoms with Gasteiger partial charge < -0.3 is 15.3 Å². The van der Waals surface area contributed by atoms with E-state index in [4.69, 9.17) is 0 Å². The summed E-state index contributed by atoms with van der Waals surface area (Å²) >= 11 is 0. The number of para-hydroxylation sites is 1. The van der Waals surface area contributed by atoms with Crippen LogP contribution in [0.3, 0.4) is 0 Å². The van der Waals surface area contributed by atoms with Crippen molar-refractivity contribution in [1.29, 1.82) is 0 Å². The Labute approximate surface area is 201 Å². The zero-order chi connectivity index (χ0) is 23.9. The van der Waals surface area contributed by atoms with Gasteiger partial charge in [0.25, 0.3) is 5.91 Å². The lowest BCUT2D eigenvalue weighted by Crippen LogP contribution is -2.50. The molecule has 2 aliphatic rings. The van der Waals surface area contributed by atoms with Crippen molar-refractivity contribution in [2.75, 3.05) is 37.6 Å². The molecule has 1 aromatic heterocycles. The van der Waals surface area contributed by atoms with E-state index in [0.29, 0.717) is 6.54 Å². The van der Waals surface area contributed by atoms with E-state index in [1.165, 1.54) is 0 Å². The molecule has 34 heavy (non-hydrogen) atoms. The maximum absolute atomic E-state index is 13.5. The number of fused-ring (bicyclic) bond motifs is 1. The number of pyridine rings is 1. The Kier molecular flexibility index (Phi) is 5.82. The molecule has 0 unspecified atom stereocenters. The summed E-state index contributed by atoms with van der Waals surface area (Å²) in [5.41, 5.74) is 3.92. The Balaban J connectivity index is 1.33. The molecule has 2 fully saturated rings. The number of aryl methyl sites for hydroxylation is 1. The molecular weight excluding hydrogens is 424 g/mol. The fraction of sp³-hybridized carbons (Fsp3) is 0.429. The average molecular weight is 459 g/mol. The first kappa shape index (κ1) is 22.8. The van der Waals surface area contributed by atoms with Gasteiger partial charge in [0.2, 0.25) is 0 Å². The molecule has 1 aliphatic carbocycles. The molecule has 1 aliphatic heterocycles. The maximum Gasteiger partial charge on any atom is 0.252 e.